The van der Waals surface area contributed by atoms with Crippen molar-refractivity contribution >= 4 is 7.82 Å². The highest BCUT2D eigenvalue weighted by atomic mass is 31.2. The number of rotatable bonds is 10. The molecule has 0 bridgehead atoms. The van der Waals surface area contributed by atoms with Gasteiger partial charge in [-0.05, 0) is 33.6 Å². The van der Waals surface area contributed by atoms with E-state index in [0.717, 1.165) is 25.7 Å². The lowest BCUT2D eigenvalue weighted by atomic mass is 10.2. The molecule has 0 saturated carbocycles. The summed E-state index contributed by atoms with van der Waals surface area (Å²) in [7, 11) is -3.39. The molecule has 0 aromatic heterocycles. The van der Waals surface area contributed by atoms with Crippen LogP contribution >= 0.6 is 7.82 Å². The highest BCUT2D eigenvalue weighted by Crippen LogP contribution is 2.52. The summed E-state index contributed by atoms with van der Waals surface area (Å²) in [5.74, 6) is 0. The fraction of sp³-hybridized carbons (Fsp3) is 1.00. The first kappa shape index (κ1) is 17.1. The van der Waals surface area contributed by atoms with Gasteiger partial charge in [0, 0.05) is 0 Å². The van der Waals surface area contributed by atoms with E-state index in [1.807, 2.05) is 13.8 Å². The molecule has 0 N–H and O–H groups in total. The standard InChI is InChI=1S/C12H27O4P/c1-6-9-11(4)15-17(13,14-8-3)16-12(5)10-7-2/h11-12H,6-10H2,1-5H3. The maximum absolute atomic E-state index is 12.3. The van der Waals surface area contributed by atoms with Crippen LogP contribution in [0.25, 0.3) is 0 Å². The number of hydrogen-bond acceptors (Lipinski definition) is 4. The molecule has 0 spiro atoms. The summed E-state index contributed by atoms with van der Waals surface area (Å²) in [6.07, 6.45) is 3.46. The molecule has 0 aromatic carbocycles. The molecule has 0 radical (unpaired) electrons. The molecular weight excluding hydrogens is 239 g/mol. The first-order valence-electron chi connectivity index (χ1n) is 6.58. The van der Waals surface area contributed by atoms with Crippen LogP contribution in [-0.2, 0) is 18.1 Å². The van der Waals surface area contributed by atoms with Crippen molar-refractivity contribution in [3.8, 4) is 0 Å². The third-order valence-corrected chi connectivity index (χ3v) is 4.11. The highest BCUT2D eigenvalue weighted by molar-refractivity contribution is 7.48. The van der Waals surface area contributed by atoms with Crippen LogP contribution in [0.15, 0.2) is 0 Å². The van der Waals surface area contributed by atoms with Crippen molar-refractivity contribution in [3.05, 3.63) is 0 Å². The van der Waals surface area contributed by atoms with Gasteiger partial charge in [-0.3, -0.25) is 13.6 Å². The maximum atomic E-state index is 12.3. The van der Waals surface area contributed by atoms with E-state index >= 15 is 0 Å². The SMILES string of the molecule is CCCC(C)OP(=O)(OCC)OC(C)CCC. The molecule has 0 rings (SSSR count). The van der Waals surface area contributed by atoms with E-state index in [1.165, 1.54) is 0 Å². The van der Waals surface area contributed by atoms with Gasteiger partial charge in [0.15, 0.2) is 0 Å². The van der Waals surface area contributed by atoms with E-state index in [2.05, 4.69) is 13.8 Å². The lowest BCUT2D eigenvalue weighted by Crippen LogP contribution is -2.14. The van der Waals surface area contributed by atoms with Crippen LogP contribution in [0.3, 0.4) is 0 Å². The smallest absolute Gasteiger partial charge is 0.287 e. The minimum Gasteiger partial charge on any atom is -0.287 e. The lowest BCUT2D eigenvalue weighted by Gasteiger charge is -2.23. The normalized spacial score (nSPS) is 18.6. The Bertz CT molecular complexity index is 215. The van der Waals surface area contributed by atoms with Crippen molar-refractivity contribution in [1.82, 2.24) is 0 Å². The quantitative estimate of drug-likeness (QED) is 0.544. The number of hydrogen-bond donors (Lipinski definition) is 0. The van der Waals surface area contributed by atoms with Crippen LogP contribution in [0.2, 0.25) is 0 Å². The Balaban J connectivity index is 4.38. The molecule has 0 aromatic rings. The van der Waals surface area contributed by atoms with Crippen LogP contribution in [0.5, 0.6) is 0 Å². The van der Waals surface area contributed by atoms with Crippen LogP contribution in [0.4, 0.5) is 0 Å². The monoisotopic (exact) mass is 266 g/mol. The molecule has 0 saturated heterocycles. The molecule has 0 aliphatic carbocycles. The van der Waals surface area contributed by atoms with Gasteiger partial charge in [0.05, 0.1) is 18.8 Å². The third kappa shape index (κ3) is 7.93. The van der Waals surface area contributed by atoms with Gasteiger partial charge < -0.3 is 0 Å². The van der Waals surface area contributed by atoms with Gasteiger partial charge in [-0.15, -0.1) is 0 Å². The third-order valence-electron chi connectivity index (χ3n) is 2.30. The van der Waals surface area contributed by atoms with E-state index in [0.29, 0.717) is 6.61 Å². The summed E-state index contributed by atoms with van der Waals surface area (Å²) < 4.78 is 28.4. The first-order chi connectivity index (χ1) is 7.97. The summed E-state index contributed by atoms with van der Waals surface area (Å²) in [4.78, 5) is 0. The molecule has 0 aliphatic heterocycles. The topological polar surface area (TPSA) is 44.8 Å². The second-order valence-electron chi connectivity index (χ2n) is 4.27. The zero-order valence-electron chi connectivity index (χ0n) is 11.8. The number of phosphoric ester groups is 1. The second-order valence-corrected chi connectivity index (χ2v) is 5.85. The molecule has 4 nitrogen and oxygen atoms in total. The predicted octanol–water partition coefficient (Wildman–Crippen LogP) is 4.54. The maximum Gasteiger partial charge on any atom is 0.475 e. The van der Waals surface area contributed by atoms with Crippen molar-refractivity contribution in [2.45, 2.75) is 72.5 Å². The molecule has 104 valence electrons. The van der Waals surface area contributed by atoms with Crippen molar-refractivity contribution < 1.29 is 18.1 Å². The van der Waals surface area contributed by atoms with Crippen molar-refractivity contribution in [2.75, 3.05) is 6.61 Å². The predicted molar refractivity (Wildman–Crippen MR) is 70.1 cm³/mol. The van der Waals surface area contributed by atoms with Gasteiger partial charge in [0.2, 0.25) is 0 Å². The molecule has 0 fully saturated rings. The Hall–Kier alpha value is 0.110. The summed E-state index contributed by atoms with van der Waals surface area (Å²) in [5.41, 5.74) is 0. The zero-order chi connectivity index (χ0) is 13.3. The lowest BCUT2D eigenvalue weighted by molar-refractivity contribution is 0.0594. The molecular formula is C12H27O4P. The molecule has 0 amide bonds. The van der Waals surface area contributed by atoms with Gasteiger partial charge in [-0.25, -0.2) is 4.57 Å². The van der Waals surface area contributed by atoms with Crippen molar-refractivity contribution in [1.29, 1.82) is 0 Å². The molecule has 0 aliphatic rings. The van der Waals surface area contributed by atoms with Crippen molar-refractivity contribution in [3.63, 3.8) is 0 Å². The minimum atomic E-state index is -3.39. The molecule has 2 atom stereocenters. The van der Waals surface area contributed by atoms with E-state index < -0.39 is 7.82 Å². The Morgan fingerprint density at radius 3 is 1.65 bits per heavy atom. The van der Waals surface area contributed by atoms with Gasteiger partial charge in [-0.1, -0.05) is 26.7 Å². The zero-order valence-corrected chi connectivity index (χ0v) is 12.7. The largest absolute Gasteiger partial charge is 0.475 e. The fourth-order valence-corrected chi connectivity index (χ4v) is 3.18. The Labute approximate surface area is 106 Å². The molecule has 17 heavy (non-hydrogen) atoms. The fourth-order valence-electron chi connectivity index (χ4n) is 1.60. The van der Waals surface area contributed by atoms with Crippen molar-refractivity contribution in [2.24, 2.45) is 0 Å². The molecule has 2 unspecified atom stereocenters. The second kappa shape index (κ2) is 9.09. The Kier molecular flexibility index (Phi) is 9.15. The van der Waals surface area contributed by atoms with E-state index in [9.17, 15) is 4.57 Å². The Morgan fingerprint density at radius 1 is 0.941 bits per heavy atom. The average molecular weight is 266 g/mol. The summed E-state index contributed by atoms with van der Waals surface area (Å²) in [6.45, 7) is 10.0. The van der Waals surface area contributed by atoms with Crippen LogP contribution < -0.4 is 0 Å². The summed E-state index contributed by atoms with van der Waals surface area (Å²) in [5, 5.41) is 0. The summed E-state index contributed by atoms with van der Waals surface area (Å²) >= 11 is 0. The average Bonchev–Trinajstić information content (AvgIpc) is 2.17. The van der Waals surface area contributed by atoms with Gasteiger partial charge in [-0.2, -0.15) is 0 Å². The van der Waals surface area contributed by atoms with E-state index in [-0.39, 0.29) is 12.2 Å². The minimum absolute atomic E-state index is 0.105. The van der Waals surface area contributed by atoms with Crippen LogP contribution in [-0.4, -0.2) is 18.8 Å². The molecule has 0 heterocycles. The van der Waals surface area contributed by atoms with Crippen LogP contribution in [0, 0.1) is 0 Å². The summed E-state index contributed by atoms with van der Waals surface area (Å²) in [6, 6.07) is 0. The van der Waals surface area contributed by atoms with Gasteiger partial charge in [0.1, 0.15) is 0 Å². The first-order valence-corrected chi connectivity index (χ1v) is 8.04. The van der Waals surface area contributed by atoms with Gasteiger partial charge >= 0.3 is 7.82 Å². The Morgan fingerprint density at radius 2 is 1.35 bits per heavy atom. The van der Waals surface area contributed by atoms with E-state index in [1.54, 1.807) is 6.92 Å². The van der Waals surface area contributed by atoms with Crippen LogP contribution in [0.1, 0.15) is 60.3 Å². The van der Waals surface area contributed by atoms with E-state index in [4.69, 9.17) is 13.6 Å². The molecule has 5 heteroatoms. The highest BCUT2D eigenvalue weighted by Gasteiger charge is 2.30. The van der Waals surface area contributed by atoms with Gasteiger partial charge in [0.25, 0.3) is 0 Å². The number of phosphoric acid groups is 1.